The number of aryl methyl sites for hydroxylation is 1. The summed E-state index contributed by atoms with van der Waals surface area (Å²) in [4.78, 5) is 17.4. The summed E-state index contributed by atoms with van der Waals surface area (Å²) in [6.07, 6.45) is 3.59. The number of aromatic nitrogens is 2. The van der Waals surface area contributed by atoms with Gasteiger partial charge in [0.05, 0.1) is 32.9 Å². The second kappa shape index (κ2) is 12.0. The van der Waals surface area contributed by atoms with E-state index in [-0.39, 0.29) is 16.6 Å². The molecule has 0 bridgehead atoms. The standard InChI is InChI=1S/C24H29N5O3S2/c1-3-5-13-26-34(31,32)19-11-12-22-21(15-19)28-24(29(22)14-6-4-2)33-17-23(30)27-20-10-8-7-9-18(20)16-25/h7-12,15,26H,3-6,13-14,17H2,1-2H3,(H,27,30). The zero-order chi connectivity index (χ0) is 24.6. The van der Waals surface area contributed by atoms with Crippen LogP contribution in [0, 0.1) is 11.3 Å². The average molecular weight is 500 g/mol. The first-order valence-corrected chi connectivity index (χ1v) is 13.8. The maximum Gasteiger partial charge on any atom is 0.240 e. The topological polar surface area (TPSA) is 117 Å². The number of rotatable bonds is 12. The summed E-state index contributed by atoms with van der Waals surface area (Å²) in [6, 6.07) is 13.9. The molecule has 3 aromatic rings. The molecule has 0 saturated carbocycles. The van der Waals surface area contributed by atoms with E-state index >= 15 is 0 Å². The van der Waals surface area contributed by atoms with E-state index in [1.54, 1.807) is 42.5 Å². The summed E-state index contributed by atoms with van der Waals surface area (Å²) in [5.41, 5.74) is 2.28. The number of thioether (sulfide) groups is 1. The Morgan fingerprint density at radius 2 is 1.91 bits per heavy atom. The highest BCUT2D eigenvalue weighted by Crippen LogP contribution is 2.27. The van der Waals surface area contributed by atoms with E-state index in [1.165, 1.54) is 11.8 Å². The second-order valence-electron chi connectivity index (χ2n) is 7.80. The first-order chi connectivity index (χ1) is 16.4. The molecule has 10 heteroatoms. The fourth-order valence-electron chi connectivity index (χ4n) is 3.37. The molecule has 1 aromatic heterocycles. The Labute approximate surface area is 204 Å². The summed E-state index contributed by atoms with van der Waals surface area (Å²) in [5, 5.41) is 12.6. The van der Waals surface area contributed by atoms with E-state index in [1.807, 2.05) is 11.5 Å². The number of nitrogens with zero attached hydrogens (tertiary/aromatic N) is 3. The third-order valence-electron chi connectivity index (χ3n) is 5.21. The summed E-state index contributed by atoms with van der Waals surface area (Å²) in [5.74, 6) is -0.135. The van der Waals surface area contributed by atoms with Gasteiger partial charge in [-0.1, -0.05) is 50.6 Å². The lowest BCUT2D eigenvalue weighted by atomic mass is 10.2. The van der Waals surface area contributed by atoms with Gasteiger partial charge in [0, 0.05) is 13.1 Å². The molecule has 8 nitrogen and oxygen atoms in total. The Morgan fingerprint density at radius 1 is 1.15 bits per heavy atom. The van der Waals surface area contributed by atoms with Crippen LogP contribution < -0.4 is 10.0 Å². The average Bonchev–Trinajstić information content (AvgIpc) is 3.18. The summed E-state index contributed by atoms with van der Waals surface area (Å²) < 4.78 is 29.9. The van der Waals surface area contributed by atoms with Gasteiger partial charge in [0.15, 0.2) is 5.16 Å². The van der Waals surface area contributed by atoms with Crippen LogP contribution in [0.4, 0.5) is 5.69 Å². The number of nitriles is 1. The molecule has 0 unspecified atom stereocenters. The lowest BCUT2D eigenvalue weighted by Gasteiger charge is -2.09. The number of benzene rings is 2. The minimum atomic E-state index is -3.61. The number of amides is 1. The molecule has 2 aromatic carbocycles. The van der Waals surface area contributed by atoms with Gasteiger partial charge in [0.2, 0.25) is 15.9 Å². The predicted molar refractivity (Wildman–Crippen MR) is 135 cm³/mol. The molecule has 0 saturated heterocycles. The molecule has 1 heterocycles. The number of fused-ring (bicyclic) bond motifs is 1. The summed E-state index contributed by atoms with van der Waals surface area (Å²) >= 11 is 1.29. The molecule has 2 N–H and O–H groups in total. The third-order valence-corrected chi connectivity index (χ3v) is 7.64. The van der Waals surface area contributed by atoms with Crippen molar-refractivity contribution in [1.29, 1.82) is 5.26 Å². The Balaban J connectivity index is 1.81. The van der Waals surface area contributed by atoms with Gasteiger partial charge in [-0.25, -0.2) is 18.1 Å². The van der Waals surface area contributed by atoms with Crippen LogP contribution in [-0.4, -0.2) is 36.2 Å². The van der Waals surface area contributed by atoms with E-state index < -0.39 is 10.0 Å². The molecule has 0 aliphatic heterocycles. The number of hydrogen-bond acceptors (Lipinski definition) is 6. The Morgan fingerprint density at radius 3 is 2.65 bits per heavy atom. The first-order valence-electron chi connectivity index (χ1n) is 11.3. The van der Waals surface area contributed by atoms with Gasteiger partial charge < -0.3 is 9.88 Å². The molecular weight excluding hydrogens is 470 g/mol. The van der Waals surface area contributed by atoms with E-state index in [9.17, 15) is 18.5 Å². The summed E-state index contributed by atoms with van der Waals surface area (Å²) in [6.45, 7) is 5.21. The lowest BCUT2D eigenvalue weighted by Crippen LogP contribution is -2.24. The minimum Gasteiger partial charge on any atom is -0.324 e. The van der Waals surface area contributed by atoms with E-state index in [2.05, 4.69) is 28.0 Å². The van der Waals surface area contributed by atoms with Gasteiger partial charge in [-0.3, -0.25) is 4.79 Å². The Hall–Kier alpha value is -2.87. The highest BCUT2D eigenvalue weighted by Gasteiger charge is 2.18. The normalized spacial score (nSPS) is 11.4. The van der Waals surface area contributed by atoms with Crippen LogP contribution in [-0.2, 0) is 21.4 Å². The SMILES string of the molecule is CCCCNS(=O)(=O)c1ccc2c(c1)nc(SCC(=O)Nc1ccccc1C#N)n2CCCC. The predicted octanol–water partition coefficient (Wildman–Crippen LogP) is 4.52. The molecule has 180 valence electrons. The molecular formula is C24H29N5O3S2. The van der Waals surface area contributed by atoms with Crippen LogP contribution >= 0.6 is 11.8 Å². The van der Waals surface area contributed by atoms with Gasteiger partial charge in [-0.15, -0.1) is 0 Å². The second-order valence-corrected chi connectivity index (χ2v) is 10.5. The highest BCUT2D eigenvalue weighted by atomic mass is 32.2. The van der Waals surface area contributed by atoms with Crippen molar-refractivity contribution in [3.05, 3.63) is 48.0 Å². The number of para-hydroxylation sites is 1. The van der Waals surface area contributed by atoms with Crippen molar-refractivity contribution in [2.45, 2.75) is 56.1 Å². The minimum absolute atomic E-state index is 0.110. The molecule has 0 radical (unpaired) electrons. The van der Waals surface area contributed by atoms with Crippen molar-refractivity contribution in [2.75, 3.05) is 17.6 Å². The lowest BCUT2D eigenvalue weighted by molar-refractivity contribution is -0.113. The largest absolute Gasteiger partial charge is 0.324 e. The van der Waals surface area contributed by atoms with Gasteiger partial charge in [-0.2, -0.15) is 5.26 Å². The molecule has 1 amide bonds. The van der Waals surface area contributed by atoms with Crippen molar-refractivity contribution in [1.82, 2.24) is 14.3 Å². The van der Waals surface area contributed by atoms with Crippen LogP contribution in [0.25, 0.3) is 11.0 Å². The quantitative estimate of drug-likeness (QED) is 0.280. The van der Waals surface area contributed by atoms with Crippen LogP contribution in [0.3, 0.4) is 0 Å². The van der Waals surface area contributed by atoms with Crippen LogP contribution in [0.1, 0.15) is 45.1 Å². The summed E-state index contributed by atoms with van der Waals surface area (Å²) in [7, 11) is -3.61. The van der Waals surface area contributed by atoms with E-state index in [4.69, 9.17) is 0 Å². The van der Waals surface area contributed by atoms with Crippen LogP contribution in [0.5, 0.6) is 0 Å². The van der Waals surface area contributed by atoms with E-state index in [0.29, 0.717) is 28.5 Å². The molecule has 34 heavy (non-hydrogen) atoms. The number of carbonyl (C=O) groups is 1. The first kappa shape index (κ1) is 25.7. The monoisotopic (exact) mass is 499 g/mol. The van der Waals surface area contributed by atoms with Crippen molar-refractivity contribution in [3.63, 3.8) is 0 Å². The molecule has 0 atom stereocenters. The molecule has 0 aliphatic rings. The molecule has 0 spiro atoms. The van der Waals surface area contributed by atoms with Gasteiger partial charge in [0.1, 0.15) is 6.07 Å². The van der Waals surface area contributed by atoms with Gasteiger partial charge >= 0.3 is 0 Å². The zero-order valence-corrected chi connectivity index (χ0v) is 21.0. The van der Waals surface area contributed by atoms with Crippen LogP contribution in [0.2, 0.25) is 0 Å². The number of sulfonamides is 1. The van der Waals surface area contributed by atoms with Crippen molar-refractivity contribution < 1.29 is 13.2 Å². The smallest absolute Gasteiger partial charge is 0.240 e. The van der Waals surface area contributed by atoms with Crippen molar-refractivity contribution in [2.24, 2.45) is 0 Å². The molecule has 0 fully saturated rings. The number of unbranched alkanes of at least 4 members (excludes halogenated alkanes) is 2. The highest BCUT2D eigenvalue weighted by molar-refractivity contribution is 7.99. The van der Waals surface area contributed by atoms with Gasteiger partial charge in [-0.05, 0) is 43.2 Å². The van der Waals surface area contributed by atoms with Crippen molar-refractivity contribution >= 4 is 44.4 Å². The fourth-order valence-corrected chi connectivity index (χ4v) is 5.30. The number of anilines is 1. The van der Waals surface area contributed by atoms with Crippen molar-refractivity contribution in [3.8, 4) is 6.07 Å². The molecule has 3 rings (SSSR count). The number of nitrogens with one attached hydrogen (secondary N) is 2. The maximum atomic E-state index is 12.6. The third kappa shape index (κ3) is 6.38. The number of imidazole rings is 1. The zero-order valence-electron chi connectivity index (χ0n) is 19.4. The van der Waals surface area contributed by atoms with E-state index in [0.717, 1.165) is 37.7 Å². The van der Waals surface area contributed by atoms with Crippen LogP contribution in [0.15, 0.2) is 52.5 Å². The Kier molecular flexibility index (Phi) is 9.10. The number of hydrogen-bond donors (Lipinski definition) is 2. The molecule has 0 aliphatic carbocycles. The maximum absolute atomic E-state index is 12.6. The fraction of sp³-hybridized carbons (Fsp3) is 0.375. The Bertz CT molecular complexity index is 1300. The number of carbonyl (C=O) groups excluding carboxylic acids is 1. The van der Waals surface area contributed by atoms with Gasteiger partial charge in [0.25, 0.3) is 0 Å².